The van der Waals surface area contributed by atoms with Crippen molar-refractivity contribution in [3.8, 4) is 0 Å². The molecular formula is C15H24O2. The average Bonchev–Trinajstić information content (AvgIpc) is 2.38. The number of ether oxygens (including phenoxy) is 2. The third-order valence-electron chi connectivity index (χ3n) is 5.08. The van der Waals surface area contributed by atoms with Crippen LogP contribution >= 0.6 is 0 Å². The van der Waals surface area contributed by atoms with Gasteiger partial charge in [0.15, 0.2) is 6.29 Å². The molecule has 0 radical (unpaired) electrons. The van der Waals surface area contributed by atoms with Gasteiger partial charge in [-0.1, -0.05) is 19.9 Å². The zero-order valence-electron chi connectivity index (χ0n) is 11.1. The van der Waals surface area contributed by atoms with Crippen LogP contribution in [0.5, 0.6) is 0 Å². The van der Waals surface area contributed by atoms with Gasteiger partial charge in [0.05, 0.1) is 6.61 Å². The van der Waals surface area contributed by atoms with Crippen LogP contribution in [0.25, 0.3) is 0 Å². The molecule has 2 fully saturated rings. The van der Waals surface area contributed by atoms with Crippen molar-refractivity contribution in [1.82, 2.24) is 0 Å². The quantitative estimate of drug-likeness (QED) is 0.698. The molecule has 3 unspecified atom stereocenters. The minimum atomic E-state index is 0.0657. The number of rotatable bonds is 3. The van der Waals surface area contributed by atoms with Crippen LogP contribution in [0.15, 0.2) is 11.6 Å². The van der Waals surface area contributed by atoms with Crippen molar-refractivity contribution in [3.05, 3.63) is 11.6 Å². The molecule has 0 amide bonds. The molecule has 2 bridgehead atoms. The Labute approximate surface area is 104 Å². The molecule has 0 aromatic heterocycles. The fourth-order valence-corrected chi connectivity index (χ4v) is 3.50. The second-order valence-electron chi connectivity index (χ2n) is 6.50. The molecule has 0 N–H and O–H groups in total. The summed E-state index contributed by atoms with van der Waals surface area (Å²) in [4.78, 5) is 0. The van der Waals surface area contributed by atoms with Gasteiger partial charge in [-0.2, -0.15) is 0 Å². The summed E-state index contributed by atoms with van der Waals surface area (Å²) in [5, 5.41) is 0. The highest BCUT2D eigenvalue weighted by molar-refractivity contribution is 5.21. The Morgan fingerprint density at radius 1 is 1.41 bits per heavy atom. The smallest absolute Gasteiger partial charge is 0.158 e. The number of hydrogen-bond donors (Lipinski definition) is 0. The Kier molecular flexibility index (Phi) is 3.04. The van der Waals surface area contributed by atoms with E-state index in [-0.39, 0.29) is 6.29 Å². The highest BCUT2D eigenvalue weighted by Crippen LogP contribution is 2.57. The topological polar surface area (TPSA) is 18.5 Å². The van der Waals surface area contributed by atoms with Crippen molar-refractivity contribution in [2.45, 2.75) is 52.2 Å². The summed E-state index contributed by atoms with van der Waals surface area (Å²) in [6, 6.07) is 0. The first-order chi connectivity index (χ1) is 8.16. The summed E-state index contributed by atoms with van der Waals surface area (Å²) in [5.41, 5.74) is 2.06. The molecule has 1 saturated heterocycles. The Bertz CT molecular complexity index is 313. The van der Waals surface area contributed by atoms with E-state index in [1.54, 1.807) is 0 Å². The van der Waals surface area contributed by atoms with Gasteiger partial charge in [0.25, 0.3) is 0 Å². The number of allylic oxidation sites excluding steroid dienone is 1. The summed E-state index contributed by atoms with van der Waals surface area (Å²) in [5.74, 6) is 1.69. The second-order valence-corrected chi connectivity index (χ2v) is 6.50. The normalized spacial score (nSPS) is 39.4. The summed E-state index contributed by atoms with van der Waals surface area (Å²) < 4.78 is 11.5. The van der Waals surface area contributed by atoms with Crippen LogP contribution in [0.4, 0.5) is 0 Å². The summed E-state index contributed by atoms with van der Waals surface area (Å²) in [6.45, 7) is 6.49. The lowest BCUT2D eigenvalue weighted by Gasteiger charge is -2.55. The maximum atomic E-state index is 5.87. The molecule has 2 heteroatoms. The molecule has 0 aromatic carbocycles. The minimum absolute atomic E-state index is 0.0657. The van der Waals surface area contributed by atoms with Crippen LogP contribution in [0, 0.1) is 17.3 Å². The van der Waals surface area contributed by atoms with Crippen molar-refractivity contribution < 1.29 is 9.47 Å². The van der Waals surface area contributed by atoms with Gasteiger partial charge >= 0.3 is 0 Å². The monoisotopic (exact) mass is 236 g/mol. The van der Waals surface area contributed by atoms with Gasteiger partial charge in [-0.05, 0) is 54.9 Å². The Morgan fingerprint density at radius 3 is 2.88 bits per heavy atom. The van der Waals surface area contributed by atoms with Gasteiger partial charge in [0, 0.05) is 6.61 Å². The number of hydrogen-bond acceptors (Lipinski definition) is 2. The van der Waals surface area contributed by atoms with E-state index < -0.39 is 0 Å². The molecule has 3 atom stereocenters. The van der Waals surface area contributed by atoms with E-state index in [1.807, 2.05) is 0 Å². The van der Waals surface area contributed by atoms with E-state index in [4.69, 9.17) is 9.47 Å². The molecule has 1 heterocycles. The van der Waals surface area contributed by atoms with Gasteiger partial charge in [0.2, 0.25) is 0 Å². The van der Waals surface area contributed by atoms with Crippen LogP contribution < -0.4 is 0 Å². The molecule has 2 nitrogen and oxygen atoms in total. The molecule has 4 rings (SSSR count). The van der Waals surface area contributed by atoms with Crippen LogP contribution in [0.3, 0.4) is 0 Å². The van der Waals surface area contributed by atoms with E-state index in [0.29, 0.717) is 5.41 Å². The van der Waals surface area contributed by atoms with Crippen molar-refractivity contribution in [2.24, 2.45) is 17.3 Å². The molecule has 0 aromatic rings. The molecule has 3 aliphatic carbocycles. The summed E-state index contributed by atoms with van der Waals surface area (Å²) >= 11 is 0. The first-order valence-corrected chi connectivity index (χ1v) is 7.09. The van der Waals surface area contributed by atoms with Gasteiger partial charge < -0.3 is 9.47 Å². The predicted molar refractivity (Wildman–Crippen MR) is 67.6 cm³/mol. The summed E-state index contributed by atoms with van der Waals surface area (Å²) in [6.07, 6.45) is 8.71. The van der Waals surface area contributed by atoms with E-state index in [1.165, 1.54) is 31.3 Å². The standard InChI is InChI=1S/C15H24O2/c1-15(2)12-7-11(8-13(15)9-12)10-17-14-5-3-4-6-16-14/h7,12-14H,3-6,8-10H2,1-2H3. The fraction of sp³-hybridized carbons (Fsp3) is 0.867. The molecule has 1 saturated carbocycles. The fourth-order valence-electron chi connectivity index (χ4n) is 3.50. The van der Waals surface area contributed by atoms with Gasteiger partial charge in [-0.15, -0.1) is 0 Å². The van der Waals surface area contributed by atoms with E-state index >= 15 is 0 Å². The van der Waals surface area contributed by atoms with Crippen molar-refractivity contribution in [1.29, 1.82) is 0 Å². The van der Waals surface area contributed by atoms with E-state index in [0.717, 1.165) is 31.5 Å². The third kappa shape index (κ3) is 2.17. The lowest BCUT2D eigenvalue weighted by molar-refractivity contribution is -0.158. The van der Waals surface area contributed by atoms with Gasteiger partial charge in [-0.3, -0.25) is 0 Å². The minimum Gasteiger partial charge on any atom is -0.353 e. The first kappa shape index (κ1) is 11.7. The molecule has 96 valence electrons. The maximum absolute atomic E-state index is 5.87. The Balaban J connectivity index is 1.50. The van der Waals surface area contributed by atoms with Crippen LogP contribution in [-0.4, -0.2) is 19.5 Å². The molecule has 1 aliphatic heterocycles. The van der Waals surface area contributed by atoms with Gasteiger partial charge in [0.1, 0.15) is 0 Å². The average molecular weight is 236 g/mol. The molecule has 4 aliphatic rings. The lowest BCUT2D eigenvalue weighted by atomic mass is 9.50. The SMILES string of the molecule is CC1(C)C2C=C(COC3CCCCO3)CC1C2. The number of fused-ring (bicyclic) bond motifs is 1. The van der Waals surface area contributed by atoms with E-state index in [2.05, 4.69) is 19.9 Å². The molecule has 0 spiro atoms. The van der Waals surface area contributed by atoms with Gasteiger partial charge in [-0.25, -0.2) is 0 Å². The van der Waals surface area contributed by atoms with Crippen LogP contribution in [0.2, 0.25) is 0 Å². The second kappa shape index (κ2) is 4.40. The first-order valence-electron chi connectivity index (χ1n) is 7.09. The van der Waals surface area contributed by atoms with E-state index in [9.17, 15) is 0 Å². The largest absolute Gasteiger partial charge is 0.353 e. The molecular weight excluding hydrogens is 212 g/mol. The lowest BCUT2D eigenvalue weighted by Crippen LogP contribution is -2.47. The van der Waals surface area contributed by atoms with Crippen molar-refractivity contribution in [2.75, 3.05) is 13.2 Å². The van der Waals surface area contributed by atoms with Crippen molar-refractivity contribution in [3.63, 3.8) is 0 Å². The highest BCUT2D eigenvalue weighted by Gasteiger charge is 2.49. The highest BCUT2D eigenvalue weighted by atomic mass is 16.7. The predicted octanol–water partition coefficient (Wildman–Crippen LogP) is 3.52. The maximum Gasteiger partial charge on any atom is 0.158 e. The zero-order valence-corrected chi connectivity index (χ0v) is 11.1. The summed E-state index contributed by atoms with van der Waals surface area (Å²) in [7, 11) is 0. The van der Waals surface area contributed by atoms with Crippen LogP contribution in [-0.2, 0) is 9.47 Å². The zero-order chi connectivity index (χ0) is 11.9. The Hall–Kier alpha value is -0.340. The van der Waals surface area contributed by atoms with Crippen molar-refractivity contribution >= 4 is 0 Å². The molecule has 17 heavy (non-hydrogen) atoms. The van der Waals surface area contributed by atoms with Crippen LogP contribution in [0.1, 0.15) is 46.0 Å². The Morgan fingerprint density at radius 2 is 2.29 bits per heavy atom. The third-order valence-corrected chi connectivity index (χ3v) is 5.08.